The van der Waals surface area contributed by atoms with Gasteiger partial charge in [-0.2, -0.15) is 10.2 Å². The molecule has 4 nitrogen and oxygen atoms in total. The summed E-state index contributed by atoms with van der Waals surface area (Å²) in [5, 5.41) is 18.6. The fourth-order valence-corrected chi connectivity index (χ4v) is 3.55. The number of hydrogen-bond acceptors (Lipinski definition) is 4. The minimum Gasteiger partial charge on any atom is -0.507 e. The van der Waals surface area contributed by atoms with Gasteiger partial charge in [0.15, 0.2) is 0 Å². The zero-order valence-electron chi connectivity index (χ0n) is 15.7. The monoisotopic (exact) mass is 369 g/mol. The smallest absolute Gasteiger partial charge is 0.124 e. The molecule has 0 heterocycles. The molecule has 0 bridgehead atoms. The predicted molar refractivity (Wildman–Crippen MR) is 114 cm³/mol. The first-order valence-corrected chi connectivity index (χ1v) is 9.72. The van der Waals surface area contributed by atoms with Crippen LogP contribution in [-0.4, -0.2) is 11.3 Å². The van der Waals surface area contributed by atoms with E-state index in [1.165, 1.54) is 31.2 Å². The van der Waals surface area contributed by atoms with Crippen LogP contribution in [0.2, 0.25) is 0 Å². The van der Waals surface area contributed by atoms with E-state index in [-0.39, 0.29) is 5.75 Å². The number of nitrogens with zero attached hydrogens (tertiary/aromatic N) is 3. The molecule has 0 aromatic heterocycles. The average molecular weight is 369 g/mol. The lowest BCUT2D eigenvalue weighted by Gasteiger charge is -2.08. The molecule has 1 N–H and O–H groups in total. The molecule has 4 rings (SSSR count). The van der Waals surface area contributed by atoms with Crippen LogP contribution in [-0.2, 0) is 0 Å². The summed E-state index contributed by atoms with van der Waals surface area (Å²) in [5.74, 6) is 0.874. The molecule has 0 saturated heterocycles. The molecule has 3 aromatic rings. The fourth-order valence-electron chi connectivity index (χ4n) is 3.55. The molecule has 140 valence electrons. The summed E-state index contributed by atoms with van der Waals surface area (Å²) in [6.45, 7) is 0. The van der Waals surface area contributed by atoms with Crippen LogP contribution in [0.1, 0.15) is 42.7 Å². The summed E-state index contributed by atoms with van der Waals surface area (Å²) < 4.78 is 0. The van der Waals surface area contributed by atoms with Crippen molar-refractivity contribution < 1.29 is 5.11 Å². The van der Waals surface area contributed by atoms with Gasteiger partial charge in [0.05, 0.1) is 17.1 Å². The van der Waals surface area contributed by atoms with Crippen LogP contribution in [0, 0.1) is 0 Å². The number of phenolic OH excluding ortho intramolecular Hbond substituents is 1. The Balaban J connectivity index is 1.48. The molecule has 1 saturated carbocycles. The maximum Gasteiger partial charge on any atom is 0.124 e. The van der Waals surface area contributed by atoms with Gasteiger partial charge >= 0.3 is 0 Å². The SMILES string of the molecule is Oc1ccc(/N=N/c2ccccc2)cc1/C=N/c1ccc(C2CCCC2)cc1. The normalized spacial score (nSPS) is 15.0. The number of aromatic hydroxyl groups is 1. The van der Waals surface area contributed by atoms with Crippen LogP contribution in [0.5, 0.6) is 5.75 Å². The van der Waals surface area contributed by atoms with Crippen molar-refractivity contribution in [2.75, 3.05) is 0 Å². The molecular formula is C24H23N3O. The molecule has 0 atom stereocenters. The minimum absolute atomic E-state index is 0.171. The van der Waals surface area contributed by atoms with E-state index in [1.807, 2.05) is 42.5 Å². The van der Waals surface area contributed by atoms with Gasteiger partial charge in [-0.25, -0.2) is 0 Å². The van der Waals surface area contributed by atoms with Crippen LogP contribution in [0.25, 0.3) is 0 Å². The number of hydrogen-bond donors (Lipinski definition) is 1. The van der Waals surface area contributed by atoms with Gasteiger partial charge in [0.2, 0.25) is 0 Å². The molecule has 0 spiro atoms. The highest BCUT2D eigenvalue weighted by atomic mass is 16.3. The van der Waals surface area contributed by atoms with Crippen molar-refractivity contribution >= 4 is 23.3 Å². The van der Waals surface area contributed by atoms with Gasteiger partial charge in [-0.15, -0.1) is 0 Å². The minimum atomic E-state index is 0.171. The molecule has 0 aliphatic heterocycles. The third kappa shape index (κ3) is 4.52. The molecule has 3 aromatic carbocycles. The second-order valence-corrected chi connectivity index (χ2v) is 7.11. The number of azo groups is 1. The van der Waals surface area contributed by atoms with Crippen LogP contribution in [0.3, 0.4) is 0 Å². The van der Waals surface area contributed by atoms with Gasteiger partial charge < -0.3 is 5.11 Å². The molecule has 28 heavy (non-hydrogen) atoms. The molecule has 0 amide bonds. The van der Waals surface area contributed by atoms with E-state index in [9.17, 15) is 5.11 Å². The summed E-state index contributed by atoms with van der Waals surface area (Å²) in [6, 6.07) is 23.1. The summed E-state index contributed by atoms with van der Waals surface area (Å²) in [4.78, 5) is 4.51. The maximum absolute atomic E-state index is 10.1. The number of aliphatic imine (C=N–C) groups is 1. The van der Waals surface area contributed by atoms with Crippen molar-refractivity contribution in [3.63, 3.8) is 0 Å². The van der Waals surface area contributed by atoms with E-state index in [4.69, 9.17) is 0 Å². The molecular weight excluding hydrogens is 346 g/mol. The first kappa shape index (κ1) is 18.1. The molecule has 4 heteroatoms. The highest BCUT2D eigenvalue weighted by Crippen LogP contribution is 2.34. The van der Waals surface area contributed by atoms with Crippen molar-refractivity contribution in [2.45, 2.75) is 31.6 Å². The lowest BCUT2D eigenvalue weighted by molar-refractivity contribution is 0.474. The van der Waals surface area contributed by atoms with Gasteiger partial charge in [0, 0.05) is 11.8 Å². The van der Waals surface area contributed by atoms with Crippen molar-refractivity contribution in [1.29, 1.82) is 0 Å². The summed E-state index contributed by atoms with van der Waals surface area (Å²) in [7, 11) is 0. The van der Waals surface area contributed by atoms with Gasteiger partial charge in [0.1, 0.15) is 5.75 Å². The van der Waals surface area contributed by atoms with E-state index in [2.05, 4.69) is 27.4 Å². The standard InChI is InChI=1S/C24H23N3O/c28-24-15-14-23(27-26-22-8-2-1-3-9-22)16-20(24)17-25-21-12-10-19(11-13-21)18-6-4-5-7-18/h1-3,8-18,28H,4-7H2/b25-17+,27-26+. The highest BCUT2D eigenvalue weighted by molar-refractivity contribution is 5.86. The Morgan fingerprint density at radius 1 is 0.750 bits per heavy atom. The lowest BCUT2D eigenvalue weighted by Crippen LogP contribution is -1.90. The average Bonchev–Trinajstić information content (AvgIpc) is 3.28. The molecule has 0 unspecified atom stereocenters. The van der Waals surface area contributed by atoms with E-state index in [0.29, 0.717) is 17.2 Å². The Morgan fingerprint density at radius 2 is 1.43 bits per heavy atom. The third-order valence-electron chi connectivity index (χ3n) is 5.12. The summed E-state index contributed by atoms with van der Waals surface area (Å²) in [5.41, 5.74) is 4.34. The molecule has 1 aliphatic rings. The van der Waals surface area contributed by atoms with Crippen molar-refractivity contribution in [3.05, 3.63) is 83.9 Å². The van der Waals surface area contributed by atoms with Crippen LogP contribution < -0.4 is 0 Å². The first-order chi connectivity index (χ1) is 13.8. The zero-order valence-corrected chi connectivity index (χ0v) is 15.7. The highest BCUT2D eigenvalue weighted by Gasteiger charge is 2.16. The van der Waals surface area contributed by atoms with Crippen LogP contribution in [0.4, 0.5) is 17.1 Å². The van der Waals surface area contributed by atoms with E-state index < -0.39 is 0 Å². The van der Waals surface area contributed by atoms with E-state index >= 15 is 0 Å². The fraction of sp³-hybridized carbons (Fsp3) is 0.208. The first-order valence-electron chi connectivity index (χ1n) is 9.72. The van der Waals surface area contributed by atoms with Crippen molar-refractivity contribution in [3.8, 4) is 5.75 Å². The Hall–Kier alpha value is -3.27. The Kier molecular flexibility index (Phi) is 5.57. The topological polar surface area (TPSA) is 57.3 Å². The maximum atomic E-state index is 10.1. The Labute approximate surface area is 165 Å². The number of phenols is 1. The quantitative estimate of drug-likeness (QED) is 0.375. The van der Waals surface area contributed by atoms with Gasteiger partial charge in [-0.05, 0) is 66.8 Å². The molecule has 1 fully saturated rings. The van der Waals surface area contributed by atoms with E-state index in [0.717, 1.165) is 11.4 Å². The Bertz CT molecular complexity index is 972. The third-order valence-corrected chi connectivity index (χ3v) is 5.12. The molecule has 0 radical (unpaired) electrons. The predicted octanol–water partition coefficient (Wildman–Crippen LogP) is 7.22. The Morgan fingerprint density at radius 3 is 2.18 bits per heavy atom. The number of rotatable bonds is 5. The number of benzene rings is 3. The second kappa shape index (κ2) is 8.61. The lowest BCUT2D eigenvalue weighted by atomic mass is 9.98. The largest absolute Gasteiger partial charge is 0.507 e. The van der Waals surface area contributed by atoms with Gasteiger partial charge in [-0.3, -0.25) is 4.99 Å². The second-order valence-electron chi connectivity index (χ2n) is 7.11. The van der Waals surface area contributed by atoms with Gasteiger partial charge in [0.25, 0.3) is 0 Å². The van der Waals surface area contributed by atoms with Gasteiger partial charge in [-0.1, -0.05) is 43.2 Å². The van der Waals surface area contributed by atoms with Crippen LogP contribution in [0.15, 0.2) is 88.0 Å². The molecule has 1 aliphatic carbocycles. The van der Waals surface area contributed by atoms with Crippen LogP contribution >= 0.6 is 0 Å². The van der Waals surface area contributed by atoms with Crippen molar-refractivity contribution in [2.24, 2.45) is 15.2 Å². The van der Waals surface area contributed by atoms with Crippen molar-refractivity contribution in [1.82, 2.24) is 0 Å². The zero-order chi connectivity index (χ0) is 19.2. The van der Waals surface area contributed by atoms with E-state index in [1.54, 1.807) is 24.4 Å². The summed E-state index contributed by atoms with van der Waals surface area (Å²) in [6.07, 6.45) is 6.92. The summed E-state index contributed by atoms with van der Waals surface area (Å²) >= 11 is 0.